The molecule has 0 atom stereocenters. The maximum absolute atomic E-state index is 13.5. The number of nitrogens with two attached hydrogens (primary N) is 2. The summed E-state index contributed by atoms with van der Waals surface area (Å²) in [5.41, 5.74) is 19.8. The number of H-pyrrole nitrogens is 2. The van der Waals surface area contributed by atoms with E-state index in [0.717, 1.165) is 53.6 Å². The molecule has 0 bridgehead atoms. The van der Waals surface area contributed by atoms with Gasteiger partial charge in [0, 0.05) is 114 Å². The average molecular weight is 1300 g/mol. The molecule has 0 aliphatic carbocycles. The maximum Gasteiger partial charge on any atom is 0.254 e. The summed E-state index contributed by atoms with van der Waals surface area (Å²) in [6, 6.07) is 27.8. The quantitative estimate of drug-likeness (QED) is 0.0448. The Bertz CT molecular complexity index is 4300. The van der Waals surface area contributed by atoms with E-state index in [1.165, 1.54) is 6.07 Å². The first-order valence-electron chi connectivity index (χ1n) is 28.3. The van der Waals surface area contributed by atoms with Crippen LogP contribution in [0.25, 0.3) is 65.9 Å². The van der Waals surface area contributed by atoms with Gasteiger partial charge in [0.2, 0.25) is 30.1 Å². The summed E-state index contributed by atoms with van der Waals surface area (Å²) in [4.78, 5) is 66.2. The lowest BCUT2D eigenvalue weighted by Crippen LogP contribution is -2.47. The smallest absolute Gasteiger partial charge is 0.254 e. The lowest BCUT2D eigenvalue weighted by Gasteiger charge is -2.32. The third-order valence-corrected chi connectivity index (χ3v) is 22.5. The van der Waals surface area contributed by atoms with Gasteiger partial charge in [-0.15, -0.1) is 34.8 Å². The van der Waals surface area contributed by atoms with E-state index in [4.69, 9.17) is 46.3 Å². The van der Waals surface area contributed by atoms with E-state index in [1.54, 1.807) is 61.5 Å². The minimum atomic E-state index is -4.34. The molecule has 20 nitrogen and oxygen atoms in total. The Morgan fingerprint density at radius 3 is 1.37 bits per heavy atom. The number of aromatic nitrogens is 2. The molecule has 0 radical (unpaired) electrons. The molecule has 2 fully saturated rings. The minimum Gasteiger partial charge on any atom is -0.366 e. The van der Waals surface area contributed by atoms with Gasteiger partial charge in [-0.3, -0.25) is 23.9 Å². The number of carbonyl (C=O) groups is 4. The van der Waals surface area contributed by atoms with Gasteiger partial charge in [0.25, 0.3) is 23.6 Å². The van der Waals surface area contributed by atoms with Crippen LogP contribution in [0.15, 0.2) is 97.1 Å². The van der Waals surface area contributed by atoms with Crippen molar-refractivity contribution >= 4 is 143 Å². The number of primary amides is 2. The van der Waals surface area contributed by atoms with E-state index in [2.05, 4.69) is 24.5 Å². The zero-order chi connectivity index (χ0) is 62.7. The van der Waals surface area contributed by atoms with Crippen LogP contribution >= 0.6 is 34.8 Å². The zero-order valence-corrected chi connectivity index (χ0v) is 53.3. The highest BCUT2D eigenvalue weighted by Gasteiger charge is 2.36. The van der Waals surface area contributed by atoms with E-state index in [0.29, 0.717) is 108 Å². The molecule has 2 saturated heterocycles. The molecular weight excluding hydrogens is 1240 g/mol. The monoisotopic (exact) mass is 1300 g/mol. The Morgan fingerprint density at radius 1 is 0.529 bits per heavy atom. The number of benzene rings is 6. The Labute approximate surface area is 521 Å². The highest BCUT2D eigenvalue weighted by molar-refractivity contribution is 8.10. The third kappa shape index (κ3) is 13.7. The summed E-state index contributed by atoms with van der Waals surface area (Å²) in [7, 11) is -8.20. The molecule has 2 aliphatic rings. The summed E-state index contributed by atoms with van der Waals surface area (Å²) in [6.45, 7) is 9.29. The number of fused-ring (bicyclic) bond motifs is 6. The van der Waals surface area contributed by atoms with E-state index in [-0.39, 0.29) is 59.3 Å². The predicted octanol–water partition coefficient (Wildman–Crippen LogP) is 8.66. The summed E-state index contributed by atoms with van der Waals surface area (Å²) in [6.07, 6.45) is 0.474. The van der Waals surface area contributed by atoms with E-state index >= 15 is 0 Å². The highest BCUT2D eigenvalue weighted by Crippen LogP contribution is 2.43. The summed E-state index contributed by atoms with van der Waals surface area (Å²) < 4.78 is 82.5. The van der Waals surface area contributed by atoms with Gasteiger partial charge in [-0.1, -0.05) is 48.5 Å². The highest BCUT2D eigenvalue weighted by atomic mass is 35.5. The molecule has 0 spiro atoms. The fourth-order valence-corrected chi connectivity index (χ4v) is 17.5. The number of nitrogens with zero attached hydrogens (tertiary/aromatic N) is 5. The fraction of sp³-hybridized carbons (Fsp3) is 0.344. The van der Waals surface area contributed by atoms with Gasteiger partial charge in [-0.05, 0) is 129 Å². The van der Waals surface area contributed by atoms with Crippen LogP contribution in [-0.4, -0.2) is 180 Å². The number of sulfonamides is 3. The molecule has 8 aromatic rings. The number of hydrogen-bond acceptors (Lipinski definition) is 12. The SMILES string of the molecule is Cc1c(-c2ccc(C(N)=O)c3[nH]c4cc(C(=O)N5CCN(C)CC5)ccc4c23)cccc1N(S(=O)(=O)CCCCl)S(=O)(=O)CCCCl.Cc1c(NS(=O)(=O)CCCCl)cccc1-c1ccc(C(N)=O)c2[nH]c3cc(C(=O)N4CCN(C)CC4)ccc3c12. The van der Waals surface area contributed by atoms with Gasteiger partial charge in [0.1, 0.15) is 0 Å². The number of rotatable bonds is 20. The molecule has 462 valence electrons. The van der Waals surface area contributed by atoms with Crippen molar-refractivity contribution in [2.75, 3.05) is 110 Å². The molecule has 4 heterocycles. The van der Waals surface area contributed by atoms with Gasteiger partial charge in [-0.2, -0.15) is 3.71 Å². The van der Waals surface area contributed by atoms with Crippen LogP contribution < -0.4 is 19.9 Å². The molecule has 7 N–H and O–H groups in total. The number of carbonyl (C=O) groups excluding carboxylic acids is 4. The van der Waals surface area contributed by atoms with Crippen molar-refractivity contribution in [1.29, 1.82) is 0 Å². The second-order valence-electron chi connectivity index (χ2n) is 21.8. The number of anilines is 2. The minimum absolute atomic E-state index is 0.0151. The van der Waals surface area contributed by atoms with Crippen molar-refractivity contribution in [3.8, 4) is 22.3 Å². The number of hydrogen-bond donors (Lipinski definition) is 5. The van der Waals surface area contributed by atoms with Crippen LogP contribution in [0.5, 0.6) is 0 Å². The van der Waals surface area contributed by atoms with Crippen molar-refractivity contribution in [3.05, 3.63) is 130 Å². The summed E-state index contributed by atoms with van der Waals surface area (Å²) in [5, 5.41) is 2.93. The number of amides is 4. The Hall–Kier alpha value is -6.96. The standard InChI is InChI=1S/C32H37Cl2N5O6S2.C29H32ClN5O4S/c1-21-23(6-3-7-28(21)39(46(42,43)18-4-12-33)47(44,45)19-5-13-34)24-10-11-26(31(35)40)30-29(24)25-9-8-22(20-27(25)36-30)32(41)38-16-14-37(2)15-17-38;1-18-20(5-3-6-24(18)33-40(38,39)16-4-11-30)21-9-10-23(28(31)36)27-26(21)22-8-7-19(17-25(22)32-27)29(37)35-14-12-34(2)13-15-35/h3,6-11,20,36H,4-5,12-19H2,1-2H3,(H2,35,40);3,5-10,17,32-33H,4,11-16H2,1-2H3,(H2,31,36). The molecule has 0 saturated carbocycles. The first kappa shape index (κ1) is 64.5. The van der Waals surface area contributed by atoms with Crippen LogP contribution in [0.3, 0.4) is 0 Å². The van der Waals surface area contributed by atoms with Crippen molar-refractivity contribution in [3.63, 3.8) is 0 Å². The average Bonchev–Trinajstić information content (AvgIpc) is 1.70. The van der Waals surface area contributed by atoms with Crippen LogP contribution in [0.1, 0.15) is 71.8 Å². The molecule has 2 aliphatic heterocycles. The number of nitrogens with one attached hydrogen (secondary N) is 3. The summed E-state index contributed by atoms with van der Waals surface area (Å²) >= 11 is 17.3. The third-order valence-electron chi connectivity index (χ3n) is 15.9. The first-order valence-corrected chi connectivity index (χ1v) is 34.7. The Morgan fingerprint density at radius 2 is 0.943 bits per heavy atom. The summed E-state index contributed by atoms with van der Waals surface area (Å²) in [5.74, 6) is -2.02. The number of piperazine rings is 2. The first-order chi connectivity index (χ1) is 41.4. The maximum atomic E-state index is 13.5. The zero-order valence-electron chi connectivity index (χ0n) is 48.6. The van der Waals surface area contributed by atoms with Crippen molar-refractivity contribution in [2.24, 2.45) is 11.5 Å². The Kier molecular flexibility index (Phi) is 19.9. The number of halogens is 3. The number of alkyl halides is 3. The molecule has 6 aromatic carbocycles. The van der Waals surface area contributed by atoms with Crippen LogP contribution in [0.2, 0.25) is 0 Å². The van der Waals surface area contributed by atoms with Crippen LogP contribution in [0.4, 0.5) is 11.4 Å². The molecule has 10 rings (SSSR count). The van der Waals surface area contributed by atoms with E-state index < -0.39 is 53.4 Å². The molecule has 87 heavy (non-hydrogen) atoms. The van der Waals surface area contributed by atoms with Gasteiger partial charge in [0.05, 0.1) is 50.8 Å². The van der Waals surface area contributed by atoms with E-state index in [9.17, 15) is 44.4 Å². The number of likely N-dealkylation sites (N-methyl/N-ethyl adjacent to an activating group) is 2. The normalized spacial score (nSPS) is 14.6. The largest absolute Gasteiger partial charge is 0.366 e. The van der Waals surface area contributed by atoms with E-state index in [1.807, 2.05) is 67.2 Å². The predicted molar refractivity (Wildman–Crippen MR) is 349 cm³/mol. The van der Waals surface area contributed by atoms with Gasteiger partial charge in [0.15, 0.2) is 0 Å². The van der Waals surface area contributed by atoms with Crippen LogP contribution in [-0.2, 0) is 30.1 Å². The molecule has 2 aromatic heterocycles. The Balaban J connectivity index is 0.000000210. The molecule has 0 unspecified atom stereocenters. The second-order valence-corrected chi connectivity index (χ2v) is 28.9. The van der Waals surface area contributed by atoms with Crippen LogP contribution in [0, 0.1) is 13.8 Å². The van der Waals surface area contributed by atoms with Gasteiger partial charge >= 0.3 is 0 Å². The van der Waals surface area contributed by atoms with Crippen molar-refractivity contribution in [2.45, 2.75) is 33.1 Å². The molecule has 26 heteroatoms. The van der Waals surface area contributed by atoms with Gasteiger partial charge in [-0.25, -0.2) is 25.3 Å². The van der Waals surface area contributed by atoms with Crippen molar-refractivity contribution in [1.82, 2.24) is 29.6 Å². The topological polar surface area (TPSA) is 283 Å². The van der Waals surface area contributed by atoms with Gasteiger partial charge < -0.3 is 41.0 Å². The van der Waals surface area contributed by atoms with Crippen molar-refractivity contribution < 1.29 is 44.4 Å². The fourth-order valence-electron chi connectivity index (χ4n) is 11.3. The number of aromatic amines is 2. The lowest BCUT2D eigenvalue weighted by molar-refractivity contribution is 0.0657. The molecule has 4 amide bonds. The lowest BCUT2D eigenvalue weighted by atomic mass is 9.93. The molecular formula is C61H69Cl3N10O10S3. The second kappa shape index (κ2) is 26.8.